The number of piperazine rings is 1. The first kappa shape index (κ1) is 13.1. The summed E-state index contributed by atoms with van der Waals surface area (Å²) in [4.78, 5) is 5.29. The largest absolute Gasteiger partial charge is 0.314 e. The molecule has 3 heteroatoms. The van der Waals surface area contributed by atoms with E-state index in [0.29, 0.717) is 0 Å². The van der Waals surface area contributed by atoms with Crippen LogP contribution in [0.1, 0.15) is 12.0 Å². The summed E-state index contributed by atoms with van der Waals surface area (Å²) < 4.78 is 0. The van der Waals surface area contributed by atoms with Crippen molar-refractivity contribution in [2.75, 3.05) is 45.8 Å². The standard InChI is InChI=1S/C16H25N3/c1-2-5-15(6-3-1)7-4-8-18-9-11-19(12-10-18)16-13-17-14-16/h1-3,5-6,16-17H,4,7-14H2. The number of aryl methyl sites for hydroxylation is 1. The Morgan fingerprint density at radius 2 is 1.74 bits per heavy atom. The Hall–Kier alpha value is -0.900. The molecule has 1 aromatic carbocycles. The molecule has 0 bridgehead atoms. The third kappa shape index (κ3) is 3.56. The Balaban J connectivity index is 1.33. The second-order valence-corrected chi connectivity index (χ2v) is 5.78. The zero-order chi connectivity index (χ0) is 12.9. The van der Waals surface area contributed by atoms with E-state index in [1.165, 1.54) is 64.2 Å². The van der Waals surface area contributed by atoms with E-state index in [2.05, 4.69) is 45.4 Å². The summed E-state index contributed by atoms with van der Waals surface area (Å²) in [6.45, 7) is 8.69. The van der Waals surface area contributed by atoms with Gasteiger partial charge in [0.25, 0.3) is 0 Å². The fourth-order valence-corrected chi connectivity index (χ4v) is 3.04. The molecule has 0 amide bonds. The molecule has 0 atom stereocenters. The highest BCUT2D eigenvalue weighted by Crippen LogP contribution is 2.10. The van der Waals surface area contributed by atoms with E-state index in [0.717, 1.165) is 6.04 Å². The van der Waals surface area contributed by atoms with Gasteiger partial charge in [-0.05, 0) is 24.9 Å². The van der Waals surface area contributed by atoms with Gasteiger partial charge in [-0.15, -0.1) is 0 Å². The van der Waals surface area contributed by atoms with Gasteiger partial charge >= 0.3 is 0 Å². The molecule has 2 aliphatic rings. The first-order valence-electron chi connectivity index (χ1n) is 7.63. The lowest BCUT2D eigenvalue weighted by Crippen LogP contribution is -2.61. The maximum absolute atomic E-state index is 3.37. The number of nitrogens with zero attached hydrogens (tertiary/aromatic N) is 2. The molecule has 2 fully saturated rings. The Bertz CT molecular complexity index is 367. The molecule has 3 rings (SSSR count). The summed E-state index contributed by atoms with van der Waals surface area (Å²) in [7, 11) is 0. The summed E-state index contributed by atoms with van der Waals surface area (Å²) >= 11 is 0. The number of hydrogen-bond acceptors (Lipinski definition) is 3. The molecule has 19 heavy (non-hydrogen) atoms. The Morgan fingerprint density at radius 1 is 1.00 bits per heavy atom. The lowest BCUT2D eigenvalue weighted by atomic mass is 10.1. The van der Waals surface area contributed by atoms with Crippen molar-refractivity contribution in [2.45, 2.75) is 18.9 Å². The predicted octanol–water partition coefficient (Wildman–Crippen LogP) is 1.21. The van der Waals surface area contributed by atoms with E-state index in [1.807, 2.05) is 0 Å². The molecule has 2 aliphatic heterocycles. The van der Waals surface area contributed by atoms with Crippen molar-refractivity contribution in [3.8, 4) is 0 Å². The van der Waals surface area contributed by atoms with Gasteiger partial charge in [-0.25, -0.2) is 0 Å². The molecule has 1 N–H and O–H groups in total. The van der Waals surface area contributed by atoms with E-state index >= 15 is 0 Å². The fourth-order valence-electron chi connectivity index (χ4n) is 3.04. The van der Waals surface area contributed by atoms with E-state index in [-0.39, 0.29) is 0 Å². The first-order chi connectivity index (χ1) is 9.42. The van der Waals surface area contributed by atoms with Gasteiger partial charge in [-0.2, -0.15) is 0 Å². The lowest BCUT2D eigenvalue weighted by Gasteiger charge is -2.43. The Morgan fingerprint density at radius 3 is 2.37 bits per heavy atom. The molecular weight excluding hydrogens is 234 g/mol. The molecule has 2 heterocycles. The number of hydrogen-bond donors (Lipinski definition) is 1. The molecule has 0 radical (unpaired) electrons. The van der Waals surface area contributed by atoms with E-state index in [9.17, 15) is 0 Å². The fraction of sp³-hybridized carbons (Fsp3) is 0.625. The van der Waals surface area contributed by atoms with Gasteiger partial charge in [-0.3, -0.25) is 4.90 Å². The second kappa shape index (κ2) is 6.51. The molecule has 0 aromatic heterocycles. The summed E-state index contributed by atoms with van der Waals surface area (Å²) in [6, 6.07) is 11.7. The van der Waals surface area contributed by atoms with E-state index in [4.69, 9.17) is 0 Å². The Labute approximate surface area is 116 Å². The first-order valence-corrected chi connectivity index (χ1v) is 7.63. The molecule has 2 saturated heterocycles. The third-order valence-corrected chi connectivity index (χ3v) is 4.47. The maximum atomic E-state index is 3.37. The Kier molecular flexibility index (Phi) is 4.49. The molecule has 104 valence electrons. The molecule has 0 saturated carbocycles. The zero-order valence-corrected chi connectivity index (χ0v) is 11.7. The van der Waals surface area contributed by atoms with Gasteiger partial charge in [-0.1, -0.05) is 30.3 Å². The molecule has 1 aromatic rings. The normalized spacial score (nSPS) is 22.3. The zero-order valence-electron chi connectivity index (χ0n) is 11.7. The van der Waals surface area contributed by atoms with Crippen molar-refractivity contribution >= 4 is 0 Å². The van der Waals surface area contributed by atoms with Crippen LogP contribution in [0.3, 0.4) is 0 Å². The van der Waals surface area contributed by atoms with Crippen LogP contribution in [0.4, 0.5) is 0 Å². The van der Waals surface area contributed by atoms with Crippen LogP contribution in [0.2, 0.25) is 0 Å². The van der Waals surface area contributed by atoms with Gasteiger partial charge < -0.3 is 10.2 Å². The highest BCUT2D eigenvalue weighted by atomic mass is 15.3. The molecule has 0 spiro atoms. The molecule has 0 aliphatic carbocycles. The van der Waals surface area contributed by atoms with Crippen molar-refractivity contribution in [3.05, 3.63) is 35.9 Å². The quantitative estimate of drug-likeness (QED) is 0.857. The van der Waals surface area contributed by atoms with Crippen LogP contribution >= 0.6 is 0 Å². The summed E-state index contributed by atoms with van der Waals surface area (Å²) in [5, 5.41) is 3.37. The lowest BCUT2D eigenvalue weighted by molar-refractivity contribution is 0.0724. The van der Waals surface area contributed by atoms with Crippen molar-refractivity contribution in [1.29, 1.82) is 0 Å². The SMILES string of the molecule is c1ccc(CCCN2CCN(C3CNC3)CC2)cc1. The van der Waals surface area contributed by atoms with Crippen LogP contribution in [0.25, 0.3) is 0 Å². The highest BCUT2D eigenvalue weighted by molar-refractivity contribution is 5.14. The maximum Gasteiger partial charge on any atom is 0.0346 e. The van der Waals surface area contributed by atoms with Gasteiger partial charge in [0.15, 0.2) is 0 Å². The van der Waals surface area contributed by atoms with E-state index < -0.39 is 0 Å². The van der Waals surface area contributed by atoms with Crippen molar-refractivity contribution in [2.24, 2.45) is 0 Å². The van der Waals surface area contributed by atoms with Crippen LogP contribution in [-0.2, 0) is 6.42 Å². The smallest absolute Gasteiger partial charge is 0.0346 e. The molecular formula is C16H25N3. The summed E-state index contributed by atoms with van der Waals surface area (Å²) in [5.41, 5.74) is 1.47. The minimum Gasteiger partial charge on any atom is -0.314 e. The number of nitrogens with one attached hydrogen (secondary N) is 1. The second-order valence-electron chi connectivity index (χ2n) is 5.78. The average molecular weight is 259 g/mol. The van der Waals surface area contributed by atoms with Crippen molar-refractivity contribution < 1.29 is 0 Å². The minimum absolute atomic E-state index is 0.825. The van der Waals surface area contributed by atoms with Gasteiger partial charge in [0.1, 0.15) is 0 Å². The van der Waals surface area contributed by atoms with Crippen molar-refractivity contribution in [1.82, 2.24) is 15.1 Å². The van der Waals surface area contributed by atoms with Gasteiger partial charge in [0.05, 0.1) is 0 Å². The number of benzene rings is 1. The predicted molar refractivity (Wildman–Crippen MR) is 79.4 cm³/mol. The summed E-state index contributed by atoms with van der Waals surface area (Å²) in [5.74, 6) is 0. The average Bonchev–Trinajstić information content (AvgIpc) is 2.40. The van der Waals surface area contributed by atoms with Crippen LogP contribution in [0, 0.1) is 0 Å². The topological polar surface area (TPSA) is 18.5 Å². The minimum atomic E-state index is 0.825. The summed E-state index contributed by atoms with van der Waals surface area (Å²) in [6.07, 6.45) is 2.50. The molecule has 0 unspecified atom stereocenters. The van der Waals surface area contributed by atoms with Gasteiger partial charge in [0, 0.05) is 45.3 Å². The monoisotopic (exact) mass is 259 g/mol. The number of rotatable bonds is 5. The van der Waals surface area contributed by atoms with Crippen molar-refractivity contribution in [3.63, 3.8) is 0 Å². The molecule has 3 nitrogen and oxygen atoms in total. The van der Waals surface area contributed by atoms with Crippen LogP contribution in [0.5, 0.6) is 0 Å². The van der Waals surface area contributed by atoms with E-state index in [1.54, 1.807) is 0 Å². The van der Waals surface area contributed by atoms with Crippen LogP contribution in [0.15, 0.2) is 30.3 Å². The van der Waals surface area contributed by atoms with Gasteiger partial charge in [0.2, 0.25) is 0 Å². The third-order valence-electron chi connectivity index (χ3n) is 4.47. The van der Waals surface area contributed by atoms with Crippen LogP contribution < -0.4 is 5.32 Å². The van der Waals surface area contributed by atoms with Crippen LogP contribution in [-0.4, -0.2) is 61.7 Å². The highest BCUT2D eigenvalue weighted by Gasteiger charge is 2.27.